The quantitative estimate of drug-likeness (QED) is 0.512. The van der Waals surface area contributed by atoms with Gasteiger partial charge in [0.1, 0.15) is 16.5 Å². The Morgan fingerprint density at radius 1 is 1.16 bits per heavy atom. The second-order valence-corrected chi connectivity index (χ2v) is 6.11. The molecule has 0 N–H and O–H groups in total. The molecule has 0 aliphatic carbocycles. The number of nitrogens with zero attached hydrogens (tertiary/aromatic N) is 2. The standard InChI is InChI=1S/C17H14N2O5S/c1-23-11-4-5-12-15(9-11)25-16(18-12)6-3-10-7-13(19(21)22)17(20)14(8-10)24-2/h3-9,20H,1-2H3/p-1/b6-3+. The van der Waals surface area contributed by atoms with Crippen LogP contribution in [0.4, 0.5) is 5.69 Å². The number of methoxy groups -OCH3 is 2. The lowest BCUT2D eigenvalue weighted by atomic mass is 10.1. The van der Waals surface area contributed by atoms with Crippen LogP contribution in [0.25, 0.3) is 22.4 Å². The maximum absolute atomic E-state index is 11.8. The first-order valence-electron chi connectivity index (χ1n) is 7.18. The molecule has 8 heteroatoms. The topological polar surface area (TPSA) is 97.5 Å². The molecule has 0 saturated heterocycles. The predicted octanol–water partition coefficient (Wildman–Crippen LogP) is 3.47. The van der Waals surface area contributed by atoms with Gasteiger partial charge in [0.25, 0.3) is 5.69 Å². The Kier molecular flexibility index (Phi) is 4.53. The molecule has 0 atom stereocenters. The molecule has 0 aliphatic heterocycles. The SMILES string of the molecule is COc1ccc2nc(/C=C/c3cc(OC)c([O-])c([N+](=O)[O-])c3)sc2c1. The molecule has 3 rings (SSSR count). The van der Waals surface area contributed by atoms with Crippen LogP contribution < -0.4 is 14.6 Å². The van der Waals surface area contributed by atoms with Crippen LogP contribution in [0, 0.1) is 10.1 Å². The summed E-state index contributed by atoms with van der Waals surface area (Å²) >= 11 is 1.46. The van der Waals surface area contributed by atoms with Gasteiger partial charge in [0.2, 0.25) is 0 Å². The number of nitro benzene ring substituents is 1. The Morgan fingerprint density at radius 3 is 2.64 bits per heavy atom. The third kappa shape index (κ3) is 3.38. The van der Waals surface area contributed by atoms with Gasteiger partial charge in [-0.3, -0.25) is 10.1 Å². The van der Waals surface area contributed by atoms with Crippen LogP contribution in [-0.4, -0.2) is 24.1 Å². The van der Waals surface area contributed by atoms with E-state index in [0.717, 1.165) is 21.0 Å². The fourth-order valence-electron chi connectivity index (χ4n) is 2.28. The summed E-state index contributed by atoms with van der Waals surface area (Å²) in [6, 6.07) is 8.27. The molecular weight excluding hydrogens is 344 g/mol. The molecule has 1 aromatic heterocycles. The predicted molar refractivity (Wildman–Crippen MR) is 94.2 cm³/mol. The second kappa shape index (κ2) is 6.78. The van der Waals surface area contributed by atoms with Gasteiger partial charge in [-0.05, 0) is 35.9 Å². The molecular formula is C17H13N2O5S-. The summed E-state index contributed by atoms with van der Waals surface area (Å²) in [5.41, 5.74) is 0.803. The molecule has 0 fully saturated rings. The van der Waals surface area contributed by atoms with Gasteiger partial charge in [0.15, 0.2) is 0 Å². The molecule has 0 spiro atoms. The minimum atomic E-state index is -0.739. The summed E-state index contributed by atoms with van der Waals surface area (Å²) in [4.78, 5) is 14.8. The van der Waals surface area contributed by atoms with Crippen LogP contribution >= 0.6 is 11.3 Å². The third-order valence-electron chi connectivity index (χ3n) is 3.50. The molecule has 0 unspecified atom stereocenters. The fourth-order valence-corrected chi connectivity index (χ4v) is 3.18. The van der Waals surface area contributed by atoms with E-state index < -0.39 is 16.4 Å². The number of rotatable bonds is 5. The van der Waals surface area contributed by atoms with E-state index in [1.165, 1.54) is 30.6 Å². The average molecular weight is 357 g/mol. The van der Waals surface area contributed by atoms with Crippen molar-refractivity contribution in [3.05, 3.63) is 51.0 Å². The van der Waals surface area contributed by atoms with Gasteiger partial charge in [-0.1, -0.05) is 6.08 Å². The van der Waals surface area contributed by atoms with E-state index in [4.69, 9.17) is 9.47 Å². The maximum atomic E-state index is 11.8. The van der Waals surface area contributed by atoms with Gasteiger partial charge < -0.3 is 14.6 Å². The van der Waals surface area contributed by atoms with E-state index in [2.05, 4.69) is 4.98 Å². The first kappa shape index (κ1) is 16.7. The number of benzene rings is 2. The summed E-state index contributed by atoms with van der Waals surface area (Å²) < 4.78 is 11.1. The normalized spacial score (nSPS) is 11.1. The molecule has 3 aromatic rings. The minimum Gasteiger partial charge on any atom is -0.865 e. The van der Waals surface area contributed by atoms with Gasteiger partial charge >= 0.3 is 0 Å². The maximum Gasteiger partial charge on any atom is 0.266 e. The van der Waals surface area contributed by atoms with E-state index in [-0.39, 0.29) is 5.75 Å². The van der Waals surface area contributed by atoms with Crippen molar-refractivity contribution in [1.29, 1.82) is 0 Å². The van der Waals surface area contributed by atoms with Gasteiger partial charge in [0.05, 0.1) is 29.4 Å². The van der Waals surface area contributed by atoms with Crippen LogP contribution in [-0.2, 0) is 0 Å². The van der Waals surface area contributed by atoms with Crippen LogP contribution in [0.15, 0.2) is 30.3 Å². The zero-order chi connectivity index (χ0) is 18.0. The molecule has 0 saturated carbocycles. The molecule has 0 radical (unpaired) electrons. The van der Waals surface area contributed by atoms with E-state index in [1.807, 2.05) is 18.2 Å². The van der Waals surface area contributed by atoms with Crippen LogP contribution in [0.1, 0.15) is 10.6 Å². The average Bonchev–Trinajstić information content (AvgIpc) is 3.02. The Hall–Kier alpha value is -3.13. The van der Waals surface area contributed by atoms with Crippen molar-refractivity contribution in [3.8, 4) is 17.2 Å². The first-order chi connectivity index (χ1) is 12.0. The Bertz CT molecular complexity index is 981. The highest BCUT2D eigenvalue weighted by Gasteiger charge is 2.12. The second-order valence-electron chi connectivity index (χ2n) is 5.05. The molecule has 0 aliphatic rings. The summed E-state index contributed by atoms with van der Waals surface area (Å²) in [6.45, 7) is 0. The Balaban J connectivity index is 1.96. The highest BCUT2D eigenvalue weighted by molar-refractivity contribution is 7.19. The molecule has 0 bridgehead atoms. The van der Waals surface area contributed by atoms with Gasteiger partial charge in [-0.25, -0.2) is 4.98 Å². The fraction of sp³-hybridized carbons (Fsp3) is 0.118. The number of fused-ring (bicyclic) bond motifs is 1. The van der Waals surface area contributed by atoms with Crippen LogP contribution in [0.3, 0.4) is 0 Å². The lowest BCUT2D eigenvalue weighted by Crippen LogP contribution is -2.01. The highest BCUT2D eigenvalue weighted by Crippen LogP contribution is 2.35. The van der Waals surface area contributed by atoms with Crippen molar-refractivity contribution in [2.45, 2.75) is 0 Å². The molecule has 0 amide bonds. The lowest BCUT2D eigenvalue weighted by Gasteiger charge is -2.13. The number of aromatic nitrogens is 1. The van der Waals surface area contributed by atoms with E-state index in [0.29, 0.717) is 5.56 Å². The summed E-state index contributed by atoms with van der Waals surface area (Å²) in [7, 11) is 2.90. The molecule has 7 nitrogen and oxygen atoms in total. The van der Waals surface area contributed by atoms with E-state index >= 15 is 0 Å². The summed E-state index contributed by atoms with van der Waals surface area (Å²) in [5.74, 6) is -0.0577. The van der Waals surface area contributed by atoms with Crippen LogP contribution in [0.5, 0.6) is 17.2 Å². The zero-order valence-electron chi connectivity index (χ0n) is 13.4. The van der Waals surface area contributed by atoms with Crippen molar-refractivity contribution >= 4 is 39.4 Å². The number of hydrogen-bond donors (Lipinski definition) is 0. The van der Waals surface area contributed by atoms with Crippen LogP contribution in [0.2, 0.25) is 0 Å². The van der Waals surface area contributed by atoms with Crippen molar-refractivity contribution in [2.24, 2.45) is 0 Å². The number of nitro groups is 1. The largest absolute Gasteiger partial charge is 0.865 e. The van der Waals surface area contributed by atoms with E-state index in [9.17, 15) is 15.2 Å². The zero-order valence-corrected chi connectivity index (χ0v) is 14.2. The smallest absolute Gasteiger partial charge is 0.266 e. The first-order valence-corrected chi connectivity index (χ1v) is 7.99. The Morgan fingerprint density at radius 2 is 1.96 bits per heavy atom. The molecule has 128 valence electrons. The number of ether oxygens (including phenoxy) is 2. The van der Waals surface area contributed by atoms with E-state index in [1.54, 1.807) is 19.3 Å². The molecule has 1 heterocycles. The van der Waals surface area contributed by atoms with Gasteiger partial charge in [-0.15, -0.1) is 11.3 Å². The third-order valence-corrected chi connectivity index (χ3v) is 4.49. The number of hydrogen-bond acceptors (Lipinski definition) is 7. The van der Waals surface area contributed by atoms with Crippen molar-refractivity contribution in [3.63, 3.8) is 0 Å². The minimum absolute atomic E-state index is 0.0668. The van der Waals surface area contributed by atoms with Gasteiger partial charge in [-0.2, -0.15) is 0 Å². The molecule has 25 heavy (non-hydrogen) atoms. The van der Waals surface area contributed by atoms with Gasteiger partial charge in [0, 0.05) is 11.8 Å². The Labute approximate surface area is 146 Å². The highest BCUT2D eigenvalue weighted by atomic mass is 32.1. The lowest BCUT2D eigenvalue weighted by molar-refractivity contribution is -0.398. The summed E-state index contributed by atoms with van der Waals surface area (Å²) in [5, 5.41) is 23.6. The monoisotopic (exact) mass is 357 g/mol. The van der Waals surface area contributed by atoms with Crippen molar-refractivity contribution in [1.82, 2.24) is 4.98 Å². The van der Waals surface area contributed by atoms with Crippen molar-refractivity contribution in [2.75, 3.05) is 14.2 Å². The number of thiazole rings is 1. The van der Waals surface area contributed by atoms with Crippen molar-refractivity contribution < 1.29 is 19.5 Å². The summed E-state index contributed by atoms with van der Waals surface area (Å²) in [6.07, 6.45) is 3.39. The molecule has 2 aromatic carbocycles.